The van der Waals surface area contributed by atoms with Crippen LogP contribution in [-0.4, -0.2) is 54.5 Å². The van der Waals surface area contributed by atoms with Crippen molar-refractivity contribution in [2.75, 3.05) is 37.6 Å². The van der Waals surface area contributed by atoms with Crippen molar-refractivity contribution in [3.8, 4) is 0 Å². The first-order chi connectivity index (χ1) is 13.6. The van der Waals surface area contributed by atoms with E-state index in [1.54, 1.807) is 0 Å². The van der Waals surface area contributed by atoms with Gasteiger partial charge in [0.1, 0.15) is 5.82 Å². The Kier molecular flexibility index (Phi) is 7.12. The molecule has 3 heterocycles. The van der Waals surface area contributed by atoms with Gasteiger partial charge in [-0.1, -0.05) is 13.0 Å². The third-order valence-corrected chi connectivity index (χ3v) is 5.88. The number of nitrogens with two attached hydrogens (primary N) is 1. The molecule has 1 aromatic heterocycles. The topological polar surface area (TPSA) is 86.9 Å². The smallest absolute Gasteiger partial charge is 0.220 e. The van der Waals surface area contributed by atoms with Crippen LogP contribution < -0.4 is 16.0 Å². The molecule has 0 atom stereocenters. The third kappa shape index (κ3) is 5.14. The maximum atomic E-state index is 11.4. The van der Waals surface area contributed by atoms with Crippen molar-refractivity contribution in [3.63, 3.8) is 0 Å². The summed E-state index contributed by atoms with van der Waals surface area (Å²) in [6.07, 6.45) is 5.86. The van der Waals surface area contributed by atoms with Crippen LogP contribution in [0, 0.1) is 11.8 Å². The molecule has 0 aliphatic carbocycles. The number of hydrogen-bond donors (Lipinski definition) is 2. The lowest BCUT2D eigenvalue weighted by molar-refractivity contribution is -0.122. The van der Waals surface area contributed by atoms with Gasteiger partial charge >= 0.3 is 0 Å². The summed E-state index contributed by atoms with van der Waals surface area (Å²) in [6, 6.07) is 4.08. The number of piperidine rings is 2. The van der Waals surface area contributed by atoms with Crippen LogP contribution in [-0.2, 0) is 11.3 Å². The maximum Gasteiger partial charge on any atom is 0.220 e. The van der Waals surface area contributed by atoms with Gasteiger partial charge in [0.25, 0.3) is 0 Å². The van der Waals surface area contributed by atoms with Crippen LogP contribution in [0.25, 0.3) is 0 Å². The molecule has 0 aromatic carbocycles. The van der Waals surface area contributed by atoms with E-state index in [1.165, 1.54) is 12.8 Å². The molecule has 0 unspecified atom stereocenters. The van der Waals surface area contributed by atoms with Crippen molar-refractivity contribution in [2.45, 2.75) is 46.1 Å². The monoisotopic (exact) mass is 386 g/mol. The van der Waals surface area contributed by atoms with E-state index >= 15 is 0 Å². The molecule has 0 spiro atoms. The van der Waals surface area contributed by atoms with E-state index in [1.807, 2.05) is 12.3 Å². The minimum absolute atomic E-state index is 0.0108. The normalized spacial score (nSPS) is 19.7. The van der Waals surface area contributed by atoms with Gasteiger partial charge in [0.05, 0.1) is 6.54 Å². The van der Waals surface area contributed by atoms with Gasteiger partial charge in [0, 0.05) is 50.4 Å². The number of primary amides is 1. The second kappa shape index (κ2) is 9.75. The highest BCUT2D eigenvalue weighted by Crippen LogP contribution is 2.25. The summed E-state index contributed by atoms with van der Waals surface area (Å²) < 4.78 is 0. The van der Waals surface area contributed by atoms with E-state index < -0.39 is 0 Å². The first-order valence-electron chi connectivity index (χ1n) is 10.6. The quantitative estimate of drug-likeness (QED) is 0.597. The van der Waals surface area contributed by atoms with Crippen molar-refractivity contribution in [2.24, 2.45) is 22.6 Å². The van der Waals surface area contributed by atoms with Crippen LogP contribution in [0.1, 0.15) is 45.1 Å². The van der Waals surface area contributed by atoms with Crippen molar-refractivity contribution in [3.05, 3.63) is 23.9 Å². The molecular formula is C21H34N6O. The van der Waals surface area contributed by atoms with Gasteiger partial charge in [-0.2, -0.15) is 0 Å². The number of nitrogens with one attached hydrogen (secondary N) is 1. The second-order valence-corrected chi connectivity index (χ2v) is 7.99. The van der Waals surface area contributed by atoms with E-state index in [2.05, 4.69) is 40.0 Å². The lowest BCUT2D eigenvalue weighted by Gasteiger charge is -2.33. The van der Waals surface area contributed by atoms with Gasteiger partial charge < -0.3 is 20.9 Å². The molecule has 3 N–H and O–H groups in total. The number of pyridine rings is 1. The second-order valence-electron chi connectivity index (χ2n) is 7.99. The highest BCUT2D eigenvalue weighted by Gasteiger charge is 2.25. The lowest BCUT2D eigenvalue weighted by Crippen LogP contribution is -2.45. The molecule has 1 aromatic rings. The Balaban J connectivity index is 1.69. The standard InChI is InChI=1S/C21H34N6O/c1-3-23-21(27-11-6-16(2)7-12-27)25-15-18-5-4-10-24-20(18)26-13-8-17(9-14-26)19(22)28/h4-5,10,16-17H,3,6-9,11-15H2,1-2H3,(H2,22,28)(H,23,25). The molecule has 2 fully saturated rings. The number of carbonyl (C=O) groups excluding carboxylic acids is 1. The Labute approximate surface area is 168 Å². The largest absolute Gasteiger partial charge is 0.369 e. The van der Waals surface area contributed by atoms with Crippen LogP contribution in [0.4, 0.5) is 5.82 Å². The number of guanidine groups is 1. The Bertz CT molecular complexity index is 675. The van der Waals surface area contributed by atoms with E-state index in [9.17, 15) is 4.79 Å². The van der Waals surface area contributed by atoms with Crippen LogP contribution in [0.3, 0.4) is 0 Å². The number of carbonyl (C=O) groups is 1. The summed E-state index contributed by atoms with van der Waals surface area (Å²) in [5, 5.41) is 3.45. The van der Waals surface area contributed by atoms with Gasteiger partial charge in [-0.05, 0) is 44.6 Å². The van der Waals surface area contributed by atoms with Crippen molar-refractivity contribution < 1.29 is 4.79 Å². The van der Waals surface area contributed by atoms with Crippen LogP contribution >= 0.6 is 0 Å². The maximum absolute atomic E-state index is 11.4. The molecule has 1 amide bonds. The van der Waals surface area contributed by atoms with Crippen molar-refractivity contribution >= 4 is 17.7 Å². The Morgan fingerprint density at radius 3 is 2.61 bits per heavy atom. The number of aliphatic imine (C=N–C) groups is 1. The Morgan fingerprint density at radius 2 is 1.96 bits per heavy atom. The molecule has 7 heteroatoms. The summed E-state index contributed by atoms with van der Waals surface area (Å²) >= 11 is 0. The Morgan fingerprint density at radius 1 is 1.25 bits per heavy atom. The fraction of sp³-hybridized carbons (Fsp3) is 0.667. The van der Waals surface area contributed by atoms with Crippen molar-refractivity contribution in [1.82, 2.24) is 15.2 Å². The molecule has 7 nitrogen and oxygen atoms in total. The molecule has 3 rings (SSSR count). The number of nitrogens with zero attached hydrogens (tertiary/aromatic N) is 4. The molecule has 2 aliphatic heterocycles. The predicted octanol–water partition coefficient (Wildman–Crippen LogP) is 1.98. The molecule has 0 radical (unpaired) electrons. The highest BCUT2D eigenvalue weighted by atomic mass is 16.1. The van der Waals surface area contributed by atoms with Gasteiger partial charge in [0.2, 0.25) is 5.91 Å². The van der Waals surface area contributed by atoms with Gasteiger partial charge in [-0.3, -0.25) is 4.79 Å². The molecular weight excluding hydrogens is 352 g/mol. The summed E-state index contributed by atoms with van der Waals surface area (Å²) in [7, 11) is 0. The van der Waals surface area contributed by atoms with Crippen LogP contribution in [0.2, 0.25) is 0 Å². The van der Waals surface area contributed by atoms with E-state index in [0.717, 1.165) is 68.8 Å². The van der Waals surface area contributed by atoms with E-state index in [-0.39, 0.29) is 11.8 Å². The molecule has 2 saturated heterocycles. The van der Waals surface area contributed by atoms with Gasteiger partial charge in [-0.25, -0.2) is 9.98 Å². The number of aromatic nitrogens is 1. The average molecular weight is 387 g/mol. The van der Waals surface area contributed by atoms with Crippen LogP contribution in [0.5, 0.6) is 0 Å². The summed E-state index contributed by atoms with van der Waals surface area (Å²) in [5.41, 5.74) is 6.59. The SMILES string of the molecule is CCNC(=NCc1cccnc1N1CCC(C(N)=O)CC1)N1CCC(C)CC1. The average Bonchev–Trinajstić information content (AvgIpc) is 2.72. The minimum atomic E-state index is -0.184. The predicted molar refractivity (Wildman–Crippen MR) is 113 cm³/mol. The van der Waals surface area contributed by atoms with E-state index in [0.29, 0.717) is 6.54 Å². The summed E-state index contributed by atoms with van der Waals surface area (Å²) in [6.45, 7) is 9.65. The molecule has 154 valence electrons. The minimum Gasteiger partial charge on any atom is -0.369 e. The number of anilines is 1. The summed E-state index contributed by atoms with van der Waals surface area (Å²) in [5.74, 6) is 2.58. The zero-order chi connectivity index (χ0) is 19.9. The van der Waals surface area contributed by atoms with Crippen LogP contribution in [0.15, 0.2) is 23.3 Å². The third-order valence-electron chi connectivity index (χ3n) is 5.88. The zero-order valence-corrected chi connectivity index (χ0v) is 17.2. The highest BCUT2D eigenvalue weighted by molar-refractivity contribution is 5.80. The van der Waals surface area contributed by atoms with E-state index in [4.69, 9.17) is 10.7 Å². The van der Waals surface area contributed by atoms with Gasteiger partial charge in [-0.15, -0.1) is 0 Å². The number of rotatable bonds is 5. The Hall–Kier alpha value is -2.31. The fourth-order valence-corrected chi connectivity index (χ4v) is 4.02. The number of amides is 1. The van der Waals surface area contributed by atoms with Crippen molar-refractivity contribution in [1.29, 1.82) is 0 Å². The zero-order valence-electron chi connectivity index (χ0n) is 17.2. The first kappa shape index (κ1) is 20.4. The summed E-state index contributed by atoms with van der Waals surface area (Å²) in [4.78, 5) is 25.6. The molecule has 0 saturated carbocycles. The number of likely N-dealkylation sites (tertiary alicyclic amines) is 1. The molecule has 0 bridgehead atoms. The first-order valence-corrected chi connectivity index (χ1v) is 10.6. The lowest BCUT2D eigenvalue weighted by atomic mass is 9.96. The number of hydrogen-bond acceptors (Lipinski definition) is 4. The fourth-order valence-electron chi connectivity index (χ4n) is 4.02. The van der Waals surface area contributed by atoms with Gasteiger partial charge in [0.15, 0.2) is 5.96 Å². The molecule has 28 heavy (non-hydrogen) atoms. The molecule has 2 aliphatic rings.